The van der Waals surface area contributed by atoms with E-state index in [2.05, 4.69) is 20.4 Å². The predicted molar refractivity (Wildman–Crippen MR) is 109 cm³/mol. The van der Waals surface area contributed by atoms with Crippen LogP contribution in [0, 0.1) is 6.92 Å². The fraction of sp³-hybridized carbons (Fsp3) is 0.250. The summed E-state index contributed by atoms with van der Waals surface area (Å²) in [4.78, 5) is 16.5. The molecule has 28 heavy (non-hydrogen) atoms. The lowest BCUT2D eigenvalue weighted by molar-refractivity contribution is 0.208. The van der Waals surface area contributed by atoms with Gasteiger partial charge < -0.3 is 19.5 Å². The SMILES string of the molecule is Cc1ccc(Cl)cc1NC(=O)N1CCN(c2ccc(-c3ccco3)nn2)CC1. The van der Waals surface area contributed by atoms with Crippen LogP contribution in [-0.4, -0.2) is 47.3 Å². The van der Waals surface area contributed by atoms with Crippen LogP contribution in [0.2, 0.25) is 5.02 Å². The number of nitrogens with one attached hydrogen (secondary N) is 1. The van der Waals surface area contributed by atoms with Crippen LogP contribution in [0.4, 0.5) is 16.3 Å². The maximum absolute atomic E-state index is 12.6. The number of anilines is 2. The first-order valence-electron chi connectivity index (χ1n) is 9.05. The summed E-state index contributed by atoms with van der Waals surface area (Å²) in [6, 6.07) is 12.8. The molecule has 0 saturated carbocycles. The number of urea groups is 1. The number of nitrogens with zero attached hydrogens (tertiary/aromatic N) is 4. The van der Waals surface area contributed by atoms with E-state index in [-0.39, 0.29) is 6.03 Å². The Morgan fingerprint density at radius 1 is 1.11 bits per heavy atom. The van der Waals surface area contributed by atoms with Crippen LogP contribution in [-0.2, 0) is 0 Å². The van der Waals surface area contributed by atoms with Gasteiger partial charge in [0.2, 0.25) is 0 Å². The summed E-state index contributed by atoms with van der Waals surface area (Å²) in [5.41, 5.74) is 2.41. The van der Waals surface area contributed by atoms with E-state index >= 15 is 0 Å². The first kappa shape index (κ1) is 18.3. The molecule has 2 amide bonds. The molecule has 0 unspecified atom stereocenters. The van der Waals surface area contributed by atoms with E-state index in [1.54, 1.807) is 17.2 Å². The molecule has 0 bridgehead atoms. The third-order valence-electron chi connectivity index (χ3n) is 4.76. The first-order valence-corrected chi connectivity index (χ1v) is 9.42. The summed E-state index contributed by atoms with van der Waals surface area (Å²) >= 11 is 6.03. The number of furan rings is 1. The molecule has 1 fully saturated rings. The van der Waals surface area contributed by atoms with Crippen molar-refractivity contribution in [1.29, 1.82) is 0 Å². The highest BCUT2D eigenvalue weighted by atomic mass is 35.5. The van der Waals surface area contributed by atoms with Crippen LogP contribution in [0.5, 0.6) is 0 Å². The van der Waals surface area contributed by atoms with Crippen molar-refractivity contribution in [2.45, 2.75) is 6.92 Å². The molecule has 4 rings (SSSR count). The van der Waals surface area contributed by atoms with E-state index in [0.717, 1.165) is 17.1 Å². The summed E-state index contributed by atoms with van der Waals surface area (Å²) in [5, 5.41) is 12.1. The highest BCUT2D eigenvalue weighted by molar-refractivity contribution is 6.31. The second-order valence-corrected chi connectivity index (χ2v) is 7.05. The van der Waals surface area contributed by atoms with Crippen LogP contribution >= 0.6 is 11.6 Å². The maximum Gasteiger partial charge on any atom is 0.321 e. The molecule has 0 aliphatic carbocycles. The van der Waals surface area contributed by atoms with Crippen molar-refractivity contribution in [1.82, 2.24) is 15.1 Å². The number of carbonyl (C=O) groups is 1. The summed E-state index contributed by atoms with van der Waals surface area (Å²) in [7, 11) is 0. The fourth-order valence-corrected chi connectivity index (χ4v) is 3.28. The molecule has 3 aromatic rings. The lowest BCUT2D eigenvalue weighted by Crippen LogP contribution is -2.50. The highest BCUT2D eigenvalue weighted by Crippen LogP contribution is 2.22. The van der Waals surface area contributed by atoms with Gasteiger partial charge in [0, 0.05) is 36.9 Å². The second kappa shape index (κ2) is 7.90. The summed E-state index contributed by atoms with van der Waals surface area (Å²) in [6.45, 7) is 4.53. The van der Waals surface area contributed by atoms with Gasteiger partial charge in [-0.2, -0.15) is 0 Å². The number of rotatable bonds is 3. The predicted octanol–water partition coefficient (Wildman–Crippen LogP) is 4.05. The van der Waals surface area contributed by atoms with E-state index in [4.69, 9.17) is 16.0 Å². The van der Waals surface area contributed by atoms with E-state index in [9.17, 15) is 4.79 Å². The topological polar surface area (TPSA) is 74.5 Å². The summed E-state index contributed by atoms with van der Waals surface area (Å²) < 4.78 is 5.33. The zero-order valence-corrected chi connectivity index (χ0v) is 16.2. The zero-order valence-electron chi connectivity index (χ0n) is 15.4. The monoisotopic (exact) mass is 397 g/mol. The third kappa shape index (κ3) is 3.94. The molecule has 3 heterocycles. The van der Waals surface area contributed by atoms with Gasteiger partial charge in [-0.15, -0.1) is 10.2 Å². The van der Waals surface area contributed by atoms with E-state index in [1.807, 2.05) is 43.3 Å². The smallest absolute Gasteiger partial charge is 0.321 e. The Labute approximate surface area is 167 Å². The molecule has 8 heteroatoms. The van der Waals surface area contributed by atoms with Crippen molar-refractivity contribution in [3.8, 4) is 11.5 Å². The van der Waals surface area contributed by atoms with Crippen molar-refractivity contribution < 1.29 is 9.21 Å². The van der Waals surface area contributed by atoms with Gasteiger partial charge in [0.15, 0.2) is 11.6 Å². The van der Waals surface area contributed by atoms with Gasteiger partial charge in [-0.3, -0.25) is 0 Å². The minimum atomic E-state index is -0.121. The third-order valence-corrected chi connectivity index (χ3v) is 4.99. The van der Waals surface area contributed by atoms with Gasteiger partial charge in [0.1, 0.15) is 5.69 Å². The number of benzene rings is 1. The Morgan fingerprint density at radius 3 is 2.61 bits per heavy atom. The molecule has 1 aromatic carbocycles. The molecule has 7 nitrogen and oxygen atoms in total. The Hall–Kier alpha value is -3.06. The van der Waals surface area contributed by atoms with E-state index < -0.39 is 0 Å². The lowest BCUT2D eigenvalue weighted by atomic mass is 10.2. The Kier molecular flexibility index (Phi) is 5.16. The molecule has 0 spiro atoms. The van der Waals surface area contributed by atoms with Crippen LogP contribution in [0.3, 0.4) is 0 Å². The van der Waals surface area contributed by atoms with Gasteiger partial charge in [-0.25, -0.2) is 4.79 Å². The lowest BCUT2D eigenvalue weighted by Gasteiger charge is -2.35. The van der Waals surface area contributed by atoms with Gasteiger partial charge in [0.05, 0.1) is 6.26 Å². The van der Waals surface area contributed by atoms with Gasteiger partial charge in [-0.05, 0) is 48.9 Å². The van der Waals surface area contributed by atoms with Crippen molar-refractivity contribution in [3.63, 3.8) is 0 Å². The molecule has 0 atom stereocenters. The molecule has 1 N–H and O–H groups in total. The maximum atomic E-state index is 12.6. The van der Waals surface area contributed by atoms with Crippen molar-refractivity contribution >= 4 is 29.1 Å². The van der Waals surface area contributed by atoms with Gasteiger partial charge in [0.25, 0.3) is 0 Å². The molecule has 1 saturated heterocycles. The van der Waals surface area contributed by atoms with Crippen molar-refractivity contribution in [3.05, 3.63) is 59.3 Å². The number of halogens is 1. The number of aromatic nitrogens is 2. The summed E-state index contributed by atoms with van der Waals surface area (Å²) in [5.74, 6) is 1.48. The minimum absolute atomic E-state index is 0.121. The molecular weight excluding hydrogens is 378 g/mol. The molecule has 1 aliphatic heterocycles. The quantitative estimate of drug-likeness (QED) is 0.721. The second-order valence-electron chi connectivity index (χ2n) is 6.62. The summed E-state index contributed by atoms with van der Waals surface area (Å²) in [6.07, 6.45) is 1.61. The number of hydrogen-bond donors (Lipinski definition) is 1. The van der Waals surface area contributed by atoms with Crippen LogP contribution in [0.25, 0.3) is 11.5 Å². The Morgan fingerprint density at radius 2 is 1.93 bits per heavy atom. The zero-order chi connectivity index (χ0) is 19.5. The molecule has 1 aliphatic rings. The van der Waals surface area contributed by atoms with Crippen LogP contribution in [0.1, 0.15) is 5.56 Å². The molecular formula is C20H20ClN5O2. The number of aryl methyl sites for hydroxylation is 1. The normalized spacial score (nSPS) is 14.2. The fourth-order valence-electron chi connectivity index (χ4n) is 3.11. The van der Waals surface area contributed by atoms with E-state index in [1.165, 1.54) is 0 Å². The van der Waals surface area contributed by atoms with Gasteiger partial charge in [-0.1, -0.05) is 17.7 Å². The van der Waals surface area contributed by atoms with E-state index in [0.29, 0.717) is 42.7 Å². The molecule has 2 aromatic heterocycles. The number of carbonyl (C=O) groups excluding carboxylic acids is 1. The molecule has 144 valence electrons. The first-order chi connectivity index (χ1) is 13.6. The Balaban J connectivity index is 1.35. The largest absolute Gasteiger partial charge is 0.463 e. The standard InChI is InChI=1S/C20H20ClN5O2/c1-14-4-5-15(21)13-17(14)22-20(27)26-10-8-25(9-11-26)19-7-6-16(23-24-19)18-3-2-12-28-18/h2-7,12-13H,8-11H2,1H3,(H,22,27). The minimum Gasteiger partial charge on any atom is -0.463 e. The Bertz CT molecular complexity index is 951. The van der Waals surface area contributed by atoms with Gasteiger partial charge >= 0.3 is 6.03 Å². The molecule has 0 radical (unpaired) electrons. The number of hydrogen-bond acceptors (Lipinski definition) is 5. The number of piperazine rings is 1. The average Bonchev–Trinajstić information content (AvgIpc) is 3.26. The van der Waals surface area contributed by atoms with Crippen LogP contribution in [0.15, 0.2) is 53.1 Å². The van der Waals surface area contributed by atoms with Crippen LogP contribution < -0.4 is 10.2 Å². The number of amides is 2. The van der Waals surface area contributed by atoms with Crippen molar-refractivity contribution in [2.75, 3.05) is 36.4 Å². The highest BCUT2D eigenvalue weighted by Gasteiger charge is 2.22. The van der Waals surface area contributed by atoms with Crippen molar-refractivity contribution in [2.24, 2.45) is 0 Å². The average molecular weight is 398 g/mol.